The zero-order valence-corrected chi connectivity index (χ0v) is 51.1. The molecule has 0 aromatic heterocycles. The van der Waals surface area contributed by atoms with E-state index in [2.05, 4.69) is 87.5 Å². The maximum Gasteiger partial charge on any atom is 0.142 e. The summed E-state index contributed by atoms with van der Waals surface area (Å²) in [6.45, 7) is 9.09. The van der Waals surface area contributed by atoms with Crippen LogP contribution in [0, 0.1) is 0 Å². The number of hydrogen-bond acceptors (Lipinski definition) is 3. The summed E-state index contributed by atoms with van der Waals surface area (Å²) >= 11 is 0. The first-order valence-electron chi connectivity index (χ1n) is 34.2. The molecule has 436 valence electrons. The Hall–Kier alpha value is -3.20. The summed E-state index contributed by atoms with van der Waals surface area (Å²) in [4.78, 5) is 0. The van der Waals surface area contributed by atoms with Gasteiger partial charge in [-0.1, -0.05) is 364 Å². The minimum Gasteiger partial charge on any atom is -0.493 e. The standard InChI is InChI=1S/C74H122O3/c1-4-7-10-13-16-19-22-25-28-31-34-37-40-43-46-52-63-75-69-61-55-59-67-71(66-57-50-49-51-58-66)68-60-56-62-70(76-64-53-47-44-41-38-35-32-29-26-23-20-17-14-11-8-5-2)73(68)74(72(67)69)77-65-54-48-45-42-39-36-33-30-27-24-21-18-15-12-9-6-3/h49-51,55-62H,4-48,52-54,63-65H2,1-3H3. The van der Waals surface area contributed by atoms with E-state index in [4.69, 9.17) is 14.2 Å². The van der Waals surface area contributed by atoms with Crippen LogP contribution >= 0.6 is 0 Å². The van der Waals surface area contributed by atoms with Crippen LogP contribution in [0.2, 0.25) is 0 Å². The molecule has 0 aliphatic carbocycles. The summed E-state index contributed by atoms with van der Waals surface area (Å²) in [6.07, 6.45) is 65.8. The molecule has 3 heteroatoms. The Balaban J connectivity index is 1.33. The van der Waals surface area contributed by atoms with Gasteiger partial charge in [0, 0.05) is 0 Å². The van der Waals surface area contributed by atoms with E-state index >= 15 is 0 Å². The zero-order chi connectivity index (χ0) is 54.2. The third-order valence-corrected chi connectivity index (χ3v) is 16.9. The van der Waals surface area contributed by atoms with Crippen molar-refractivity contribution in [2.45, 2.75) is 329 Å². The molecular weight excluding hydrogens is 937 g/mol. The van der Waals surface area contributed by atoms with E-state index in [1.165, 1.54) is 311 Å². The smallest absolute Gasteiger partial charge is 0.142 e. The van der Waals surface area contributed by atoms with Gasteiger partial charge in [-0.2, -0.15) is 0 Å². The molecule has 0 atom stereocenters. The number of benzene rings is 4. The van der Waals surface area contributed by atoms with Gasteiger partial charge in [-0.05, 0) is 53.3 Å². The average molecular weight is 1060 g/mol. The van der Waals surface area contributed by atoms with Gasteiger partial charge in [0.25, 0.3) is 0 Å². The van der Waals surface area contributed by atoms with E-state index in [1.807, 2.05) is 0 Å². The van der Waals surface area contributed by atoms with Gasteiger partial charge in [-0.3, -0.25) is 0 Å². The lowest BCUT2D eigenvalue weighted by molar-refractivity contribution is 0.294. The first-order chi connectivity index (χ1) is 38.3. The van der Waals surface area contributed by atoms with Crippen molar-refractivity contribution in [3.63, 3.8) is 0 Å². The second-order valence-corrected chi connectivity index (χ2v) is 23.9. The lowest BCUT2D eigenvalue weighted by Crippen LogP contribution is -2.04. The van der Waals surface area contributed by atoms with Gasteiger partial charge < -0.3 is 14.2 Å². The number of ether oxygens (including phenoxy) is 3. The molecule has 4 aromatic carbocycles. The Morgan fingerprint density at radius 2 is 0.481 bits per heavy atom. The fourth-order valence-corrected chi connectivity index (χ4v) is 12.0. The Labute approximate surface area is 477 Å². The molecule has 0 N–H and O–H groups in total. The molecule has 0 heterocycles. The van der Waals surface area contributed by atoms with Crippen LogP contribution in [0.15, 0.2) is 66.7 Å². The molecule has 0 saturated heterocycles. The normalized spacial score (nSPS) is 11.6. The molecular formula is C74H122O3. The molecule has 77 heavy (non-hydrogen) atoms. The highest BCUT2D eigenvalue weighted by Gasteiger charge is 2.22. The molecule has 0 saturated carbocycles. The van der Waals surface area contributed by atoms with Crippen molar-refractivity contribution in [3.05, 3.63) is 66.7 Å². The van der Waals surface area contributed by atoms with Gasteiger partial charge in [-0.25, -0.2) is 0 Å². The van der Waals surface area contributed by atoms with Crippen LogP contribution in [0.5, 0.6) is 17.2 Å². The molecule has 0 spiro atoms. The largest absolute Gasteiger partial charge is 0.493 e. The van der Waals surface area contributed by atoms with Crippen LogP contribution in [0.25, 0.3) is 32.7 Å². The highest BCUT2D eigenvalue weighted by molar-refractivity contribution is 6.20. The van der Waals surface area contributed by atoms with Crippen molar-refractivity contribution in [1.29, 1.82) is 0 Å². The van der Waals surface area contributed by atoms with Gasteiger partial charge in [0.2, 0.25) is 0 Å². The summed E-state index contributed by atoms with van der Waals surface area (Å²) in [5, 5.41) is 4.60. The maximum atomic E-state index is 7.14. The quantitative estimate of drug-likeness (QED) is 0.0326. The van der Waals surface area contributed by atoms with Crippen LogP contribution in [0.1, 0.15) is 329 Å². The highest BCUT2D eigenvalue weighted by Crippen LogP contribution is 2.49. The molecule has 0 aliphatic rings. The van der Waals surface area contributed by atoms with Crippen molar-refractivity contribution < 1.29 is 14.2 Å². The molecule has 0 unspecified atom stereocenters. The molecule has 0 fully saturated rings. The first kappa shape index (κ1) is 66.3. The van der Waals surface area contributed by atoms with Gasteiger partial charge in [0.05, 0.1) is 30.6 Å². The number of fused-ring (bicyclic) bond motifs is 2. The average Bonchev–Trinajstić information content (AvgIpc) is 3.48. The zero-order valence-electron chi connectivity index (χ0n) is 51.1. The summed E-state index contributed by atoms with van der Waals surface area (Å²) in [6, 6.07) is 24.4. The van der Waals surface area contributed by atoms with Crippen LogP contribution in [0.4, 0.5) is 0 Å². The molecule has 4 rings (SSSR count). The van der Waals surface area contributed by atoms with Crippen LogP contribution in [-0.2, 0) is 0 Å². The summed E-state index contributed by atoms with van der Waals surface area (Å²) in [7, 11) is 0. The third kappa shape index (κ3) is 30.3. The van der Waals surface area contributed by atoms with E-state index < -0.39 is 0 Å². The Kier molecular flexibility index (Phi) is 41.0. The molecule has 0 aliphatic heterocycles. The first-order valence-corrected chi connectivity index (χ1v) is 34.2. The fourth-order valence-electron chi connectivity index (χ4n) is 12.0. The topological polar surface area (TPSA) is 27.7 Å². The summed E-state index contributed by atoms with van der Waals surface area (Å²) in [5.74, 6) is 2.83. The minimum absolute atomic E-state index is 0.703. The van der Waals surface area contributed by atoms with Gasteiger partial charge in [0.15, 0.2) is 0 Å². The summed E-state index contributed by atoms with van der Waals surface area (Å²) in [5.41, 5.74) is 2.46. The van der Waals surface area contributed by atoms with E-state index in [0.717, 1.165) is 60.5 Å². The van der Waals surface area contributed by atoms with Crippen molar-refractivity contribution in [3.8, 4) is 28.4 Å². The van der Waals surface area contributed by atoms with Crippen molar-refractivity contribution >= 4 is 21.5 Å². The van der Waals surface area contributed by atoms with E-state index in [1.54, 1.807) is 0 Å². The van der Waals surface area contributed by atoms with Gasteiger partial charge >= 0.3 is 0 Å². The van der Waals surface area contributed by atoms with Crippen LogP contribution in [-0.4, -0.2) is 19.8 Å². The maximum absolute atomic E-state index is 7.14. The van der Waals surface area contributed by atoms with Crippen molar-refractivity contribution in [2.75, 3.05) is 19.8 Å². The van der Waals surface area contributed by atoms with Gasteiger partial charge in [0.1, 0.15) is 17.2 Å². The van der Waals surface area contributed by atoms with E-state index in [9.17, 15) is 0 Å². The molecule has 0 radical (unpaired) electrons. The SMILES string of the molecule is CCCCCCCCCCCCCCCCCCOc1cccc2c(-c3ccccc3)c3cccc(OCCCCCCCCCCCCCCCCCC)c3c(OCCCCCCCCCCCCCCCCCC)c12. The molecule has 4 aromatic rings. The minimum atomic E-state index is 0.703. The predicted molar refractivity (Wildman–Crippen MR) is 342 cm³/mol. The van der Waals surface area contributed by atoms with Crippen molar-refractivity contribution in [2.24, 2.45) is 0 Å². The van der Waals surface area contributed by atoms with Crippen molar-refractivity contribution in [1.82, 2.24) is 0 Å². The Bertz CT molecular complexity index is 1830. The molecule has 0 amide bonds. The molecule has 0 bridgehead atoms. The summed E-state index contributed by atoms with van der Waals surface area (Å²) < 4.78 is 20.9. The molecule has 3 nitrogen and oxygen atoms in total. The number of hydrogen-bond donors (Lipinski definition) is 0. The Morgan fingerprint density at radius 1 is 0.234 bits per heavy atom. The predicted octanol–water partition coefficient (Wildman–Crippen LogP) is 25.6. The fraction of sp³-hybridized carbons (Fsp3) is 0.730. The van der Waals surface area contributed by atoms with E-state index in [0.29, 0.717) is 6.61 Å². The van der Waals surface area contributed by atoms with Crippen LogP contribution in [0.3, 0.4) is 0 Å². The Morgan fingerprint density at radius 3 is 0.753 bits per heavy atom. The van der Waals surface area contributed by atoms with Gasteiger partial charge in [-0.15, -0.1) is 0 Å². The lowest BCUT2D eigenvalue weighted by Gasteiger charge is -2.22. The second kappa shape index (κ2) is 47.6. The lowest BCUT2D eigenvalue weighted by atomic mass is 9.90. The monoisotopic (exact) mass is 1060 g/mol. The van der Waals surface area contributed by atoms with Crippen LogP contribution < -0.4 is 14.2 Å². The van der Waals surface area contributed by atoms with E-state index in [-0.39, 0.29) is 0 Å². The second-order valence-electron chi connectivity index (χ2n) is 23.9. The highest BCUT2D eigenvalue weighted by atomic mass is 16.5. The third-order valence-electron chi connectivity index (χ3n) is 16.9. The number of unbranched alkanes of at least 4 members (excludes halogenated alkanes) is 45. The number of rotatable bonds is 55.